The van der Waals surface area contributed by atoms with Crippen LogP contribution in [0.1, 0.15) is 41.5 Å². The van der Waals surface area contributed by atoms with Crippen LogP contribution in [0.4, 0.5) is 0 Å². The molecule has 0 aliphatic rings. The van der Waals surface area contributed by atoms with Gasteiger partial charge in [-0.3, -0.25) is 4.79 Å². The van der Waals surface area contributed by atoms with Gasteiger partial charge in [0, 0.05) is 17.1 Å². The van der Waals surface area contributed by atoms with Gasteiger partial charge in [0.05, 0.1) is 17.6 Å². The molecular formula is C26H27ClN4O3S. The lowest BCUT2D eigenvalue weighted by atomic mass is 10.0. The van der Waals surface area contributed by atoms with Gasteiger partial charge in [-0.15, -0.1) is 0 Å². The fraction of sp³-hybridized carbons (Fsp3) is 0.231. The molecule has 35 heavy (non-hydrogen) atoms. The molecule has 0 fully saturated rings. The quantitative estimate of drug-likeness (QED) is 0.307. The van der Waals surface area contributed by atoms with E-state index in [9.17, 15) is 13.2 Å². The van der Waals surface area contributed by atoms with Gasteiger partial charge in [0.2, 0.25) is 0 Å². The summed E-state index contributed by atoms with van der Waals surface area (Å²) in [6, 6.07) is 20.9. The van der Waals surface area contributed by atoms with Crippen molar-refractivity contribution in [1.29, 1.82) is 0 Å². The smallest absolute Gasteiger partial charge is 0.301 e. The van der Waals surface area contributed by atoms with Gasteiger partial charge in [0.1, 0.15) is 5.82 Å². The molecule has 0 aliphatic carbocycles. The summed E-state index contributed by atoms with van der Waals surface area (Å²) in [5.74, 6) is 0.0566. The Bertz CT molecular complexity index is 1470. The predicted octanol–water partition coefficient (Wildman–Crippen LogP) is 5.08. The van der Waals surface area contributed by atoms with Gasteiger partial charge in [-0.05, 0) is 54.3 Å². The van der Waals surface area contributed by atoms with E-state index >= 15 is 0 Å². The monoisotopic (exact) mass is 510 g/mol. The van der Waals surface area contributed by atoms with E-state index in [1.807, 2.05) is 66.9 Å². The van der Waals surface area contributed by atoms with Crippen LogP contribution in [-0.2, 0) is 16.8 Å². The lowest BCUT2D eigenvalue weighted by Gasteiger charge is -2.12. The van der Waals surface area contributed by atoms with Crippen molar-refractivity contribution in [2.45, 2.75) is 33.2 Å². The molecule has 1 heterocycles. The largest absolute Gasteiger partial charge is 0.324 e. The summed E-state index contributed by atoms with van der Waals surface area (Å²) in [5, 5.41) is 0.630. The van der Waals surface area contributed by atoms with Gasteiger partial charge < -0.3 is 4.57 Å². The highest BCUT2D eigenvalue weighted by Gasteiger charge is 2.18. The third kappa shape index (κ3) is 5.90. The maximum Gasteiger partial charge on any atom is 0.301 e. The van der Waals surface area contributed by atoms with Gasteiger partial charge in [-0.25, -0.2) is 9.71 Å². The normalized spacial score (nSPS) is 11.6. The minimum Gasteiger partial charge on any atom is -0.324 e. The Morgan fingerprint density at radius 2 is 1.80 bits per heavy atom. The Hall–Kier alpha value is -3.20. The van der Waals surface area contributed by atoms with E-state index in [1.54, 1.807) is 18.2 Å². The van der Waals surface area contributed by atoms with Gasteiger partial charge in [-0.1, -0.05) is 67.4 Å². The molecule has 2 N–H and O–H groups in total. The second-order valence-corrected chi connectivity index (χ2v) is 10.2. The number of unbranched alkanes of at least 4 members (excludes halogenated alkanes) is 1. The molecule has 4 aromatic rings. The van der Waals surface area contributed by atoms with Crippen molar-refractivity contribution in [3.8, 4) is 11.1 Å². The zero-order valence-corrected chi connectivity index (χ0v) is 21.2. The minimum atomic E-state index is -3.93. The van der Waals surface area contributed by atoms with Crippen molar-refractivity contribution in [3.05, 3.63) is 88.7 Å². The number of hydrogen-bond acceptors (Lipinski definition) is 4. The van der Waals surface area contributed by atoms with Crippen LogP contribution >= 0.6 is 11.6 Å². The average Bonchev–Trinajstić information content (AvgIpc) is 3.14. The number of aryl methyl sites for hydroxylation is 1. The number of imidazole rings is 1. The van der Waals surface area contributed by atoms with Crippen LogP contribution in [0.3, 0.4) is 0 Å². The summed E-state index contributed by atoms with van der Waals surface area (Å²) < 4.78 is 30.7. The van der Waals surface area contributed by atoms with Crippen molar-refractivity contribution >= 4 is 38.8 Å². The number of hydrogen-bond donors (Lipinski definition) is 2. The molecule has 9 heteroatoms. The number of aromatic nitrogens is 2. The van der Waals surface area contributed by atoms with Crippen molar-refractivity contribution in [1.82, 2.24) is 19.0 Å². The number of amides is 1. The highest BCUT2D eigenvalue weighted by atomic mass is 35.5. The number of rotatable bonds is 9. The molecule has 4 rings (SSSR count). The molecule has 0 unspecified atom stereocenters. The maximum absolute atomic E-state index is 12.7. The van der Waals surface area contributed by atoms with Crippen LogP contribution in [0.5, 0.6) is 0 Å². The zero-order valence-electron chi connectivity index (χ0n) is 19.6. The highest BCUT2D eigenvalue weighted by molar-refractivity contribution is 7.88. The standard InChI is InChI=1S/C26H27ClN4O3S/c1-3-4-14-28-35(33,34)30-26(32)21-12-13-24-25(16-21)31(18(2)29-24)17-22-11-10-20(15-23(22)27)19-8-6-5-7-9-19/h5-13,15-16,28H,3-4,14,17H2,1-2H3,(H,30,32). The van der Waals surface area contributed by atoms with E-state index < -0.39 is 16.1 Å². The molecule has 0 aliphatic heterocycles. The molecule has 0 radical (unpaired) electrons. The molecule has 1 amide bonds. The number of benzene rings is 3. The third-order valence-corrected chi connectivity index (χ3v) is 7.13. The van der Waals surface area contributed by atoms with E-state index in [0.717, 1.165) is 34.5 Å². The Labute approximate surface area is 210 Å². The molecule has 0 saturated heterocycles. The number of fused-ring (bicyclic) bond motifs is 1. The number of halogens is 1. The fourth-order valence-electron chi connectivity index (χ4n) is 3.84. The minimum absolute atomic E-state index is 0.227. The first-order chi connectivity index (χ1) is 16.8. The molecule has 3 aromatic carbocycles. The number of carbonyl (C=O) groups is 1. The fourth-order valence-corrected chi connectivity index (χ4v) is 4.93. The lowest BCUT2D eigenvalue weighted by Crippen LogP contribution is -2.40. The first-order valence-electron chi connectivity index (χ1n) is 11.4. The van der Waals surface area contributed by atoms with Crippen LogP contribution in [0.25, 0.3) is 22.2 Å². The van der Waals surface area contributed by atoms with Crippen LogP contribution in [0.2, 0.25) is 5.02 Å². The highest BCUT2D eigenvalue weighted by Crippen LogP contribution is 2.28. The summed E-state index contributed by atoms with van der Waals surface area (Å²) >= 11 is 6.63. The lowest BCUT2D eigenvalue weighted by molar-refractivity contribution is 0.0981. The molecule has 0 atom stereocenters. The Balaban J connectivity index is 1.59. The van der Waals surface area contributed by atoms with Crippen molar-refractivity contribution in [2.75, 3.05) is 6.54 Å². The van der Waals surface area contributed by atoms with Gasteiger partial charge >= 0.3 is 10.2 Å². The van der Waals surface area contributed by atoms with Crippen LogP contribution in [-0.4, -0.2) is 30.4 Å². The summed E-state index contributed by atoms with van der Waals surface area (Å²) in [6.07, 6.45) is 1.53. The molecule has 0 saturated carbocycles. The molecule has 0 spiro atoms. The molecule has 182 valence electrons. The molecule has 0 bridgehead atoms. The van der Waals surface area contributed by atoms with E-state index in [2.05, 4.69) is 14.4 Å². The number of carbonyl (C=O) groups excluding carboxylic acids is 1. The van der Waals surface area contributed by atoms with Crippen LogP contribution < -0.4 is 9.44 Å². The predicted molar refractivity (Wildman–Crippen MR) is 140 cm³/mol. The van der Waals surface area contributed by atoms with Crippen molar-refractivity contribution in [3.63, 3.8) is 0 Å². The number of nitrogens with one attached hydrogen (secondary N) is 2. The Morgan fingerprint density at radius 1 is 1.03 bits per heavy atom. The van der Waals surface area contributed by atoms with Gasteiger partial charge in [0.25, 0.3) is 5.91 Å². The number of nitrogens with zero attached hydrogens (tertiary/aromatic N) is 2. The second kappa shape index (κ2) is 10.6. The summed E-state index contributed by atoms with van der Waals surface area (Å²) in [7, 11) is -3.93. The topological polar surface area (TPSA) is 93.1 Å². The van der Waals surface area contributed by atoms with E-state index in [0.29, 0.717) is 23.5 Å². The van der Waals surface area contributed by atoms with Crippen molar-refractivity contribution in [2.24, 2.45) is 0 Å². The first kappa shape index (κ1) is 24.9. The molecule has 1 aromatic heterocycles. The SMILES string of the molecule is CCCCNS(=O)(=O)NC(=O)c1ccc2nc(C)n(Cc3ccc(-c4ccccc4)cc3Cl)c2c1. The maximum atomic E-state index is 12.7. The Morgan fingerprint density at radius 3 is 2.51 bits per heavy atom. The summed E-state index contributed by atoms with van der Waals surface area (Å²) in [5.41, 5.74) is 4.67. The van der Waals surface area contributed by atoms with E-state index in [4.69, 9.17) is 11.6 Å². The second-order valence-electron chi connectivity index (χ2n) is 8.30. The molecular weight excluding hydrogens is 484 g/mol. The summed E-state index contributed by atoms with van der Waals surface area (Å²) in [4.78, 5) is 17.2. The van der Waals surface area contributed by atoms with Crippen molar-refractivity contribution < 1.29 is 13.2 Å². The van der Waals surface area contributed by atoms with Gasteiger partial charge in [0.15, 0.2) is 0 Å². The van der Waals surface area contributed by atoms with Gasteiger partial charge in [-0.2, -0.15) is 13.1 Å². The van der Waals surface area contributed by atoms with E-state index in [-0.39, 0.29) is 12.1 Å². The first-order valence-corrected chi connectivity index (χ1v) is 13.3. The van der Waals surface area contributed by atoms with Crippen LogP contribution in [0.15, 0.2) is 66.7 Å². The third-order valence-electron chi connectivity index (χ3n) is 5.74. The zero-order chi connectivity index (χ0) is 25.0. The Kier molecular flexibility index (Phi) is 7.54. The van der Waals surface area contributed by atoms with Crippen LogP contribution in [0, 0.1) is 6.92 Å². The van der Waals surface area contributed by atoms with E-state index in [1.165, 1.54) is 0 Å². The molecule has 7 nitrogen and oxygen atoms in total. The summed E-state index contributed by atoms with van der Waals surface area (Å²) in [6.45, 7) is 4.57. The average molecular weight is 511 g/mol.